The van der Waals surface area contributed by atoms with Crippen molar-refractivity contribution in [3.05, 3.63) is 26.3 Å². The average Bonchev–Trinajstić information content (AvgIpc) is 2.68. The summed E-state index contributed by atoms with van der Waals surface area (Å²) in [6.07, 6.45) is 0. The summed E-state index contributed by atoms with van der Waals surface area (Å²) in [4.78, 5) is 23.6. The van der Waals surface area contributed by atoms with Gasteiger partial charge in [-0.2, -0.15) is 0 Å². The van der Waals surface area contributed by atoms with E-state index >= 15 is 0 Å². The molecule has 1 heterocycles. The fourth-order valence-corrected chi connectivity index (χ4v) is 3.77. The van der Waals surface area contributed by atoms with Gasteiger partial charge in [0.05, 0.1) is 26.6 Å². The molecule has 0 spiro atoms. The highest BCUT2D eigenvalue weighted by Crippen LogP contribution is 2.43. The van der Waals surface area contributed by atoms with Crippen molar-refractivity contribution in [2.45, 2.75) is 20.8 Å². The third-order valence-corrected chi connectivity index (χ3v) is 4.70. The lowest BCUT2D eigenvalue weighted by Gasteiger charge is -2.09. The standard InChI is InChI=1S/C15H15Br2NO4/c1-5-21-15(20)11-7(2)18(4)10-6-9(16)14(22-8(3)19)13(17)12(10)11/h6H,5H2,1-4H3. The van der Waals surface area contributed by atoms with Crippen molar-refractivity contribution in [3.8, 4) is 5.75 Å². The minimum atomic E-state index is -0.439. The van der Waals surface area contributed by atoms with Gasteiger partial charge in [0.25, 0.3) is 0 Å². The number of aryl methyl sites for hydroxylation is 1. The van der Waals surface area contributed by atoms with Crippen molar-refractivity contribution in [3.63, 3.8) is 0 Å². The number of hydrogen-bond donors (Lipinski definition) is 0. The molecule has 0 unspecified atom stereocenters. The molecule has 2 aromatic rings. The van der Waals surface area contributed by atoms with Crippen LogP contribution >= 0.6 is 31.9 Å². The molecule has 1 aromatic carbocycles. The molecular formula is C15H15Br2NO4. The van der Waals surface area contributed by atoms with Gasteiger partial charge in [0.15, 0.2) is 5.75 Å². The maximum atomic E-state index is 12.3. The molecule has 0 aliphatic carbocycles. The van der Waals surface area contributed by atoms with E-state index in [9.17, 15) is 9.59 Å². The van der Waals surface area contributed by atoms with Crippen LogP contribution in [0.4, 0.5) is 0 Å². The second-order valence-electron chi connectivity index (χ2n) is 4.73. The van der Waals surface area contributed by atoms with Crippen LogP contribution in [0.2, 0.25) is 0 Å². The van der Waals surface area contributed by atoms with Crippen LogP contribution in [0.3, 0.4) is 0 Å². The van der Waals surface area contributed by atoms with Crippen LogP contribution in [0.25, 0.3) is 10.9 Å². The summed E-state index contributed by atoms with van der Waals surface area (Å²) in [5.74, 6) is -0.496. The third-order valence-electron chi connectivity index (χ3n) is 3.36. The maximum Gasteiger partial charge on any atom is 0.340 e. The Hall–Kier alpha value is -1.34. The van der Waals surface area contributed by atoms with Crippen LogP contribution in [0.1, 0.15) is 29.9 Å². The number of halogens is 2. The van der Waals surface area contributed by atoms with Gasteiger partial charge in [-0.15, -0.1) is 0 Å². The maximum absolute atomic E-state index is 12.3. The van der Waals surface area contributed by atoms with Crippen LogP contribution in [0.5, 0.6) is 5.75 Å². The topological polar surface area (TPSA) is 57.5 Å². The van der Waals surface area contributed by atoms with Crippen LogP contribution < -0.4 is 4.74 Å². The molecule has 0 aliphatic rings. The second-order valence-corrected chi connectivity index (χ2v) is 6.38. The molecule has 7 heteroatoms. The van der Waals surface area contributed by atoms with Crippen molar-refractivity contribution in [2.75, 3.05) is 6.61 Å². The van der Waals surface area contributed by atoms with Gasteiger partial charge in [-0.05, 0) is 51.8 Å². The Balaban J connectivity index is 2.83. The Labute approximate surface area is 144 Å². The van der Waals surface area contributed by atoms with Crippen molar-refractivity contribution in [1.82, 2.24) is 4.57 Å². The van der Waals surface area contributed by atoms with Crippen molar-refractivity contribution >= 4 is 54.7 Å². The normalized spacial score (nSPS) is 10.8. The van der Waals surface area contributed by atoms with E-state index in [0.717, 1.165) is 11.2 Å². The van der Waals surface area contributed by atoms with Gasteiger partial charge in [0, 0.05) is 25.1 Å². The number of aromatic nitrogens is 1. The average molecular weight is 433 g/mol. The van der Waals surface area contributed by atoms with E-state index in [0.29, 0.717) is 32.3 Å². The number of benzene rings is 1. The fourth-order valence-electron chi connectivity index (χ4n) is 2.31. The van der Waals surface area contributed by atoms with E-state index < -0.39 is 11.9 Å². The summed E-state index contributed by atoms with van der Waals surface area (Å²) in [7, 11) is 1.87. The molecule has 118 valence electrons. The lowest BCUT2D eigenvalue weighted by molar-refractivity contribution is -0.131. The monoisotopic (exact) mass is 431 g/mol. The predicted molar refractivity (Wildman–Crippen MR) is 90.3 cm³/mol. The van der Waals surface area contributed by atoms with E-state index in [1.54, 1.807) is 6.92 Å². The van der Waals surface area contributed by atoms with Gasteiger partial charge in [-0.25, -0.2) is 4.79 Å². The van der Waals surface area contributed by atoms with E-state index in [4.69, 9.17) is 9.47 Å². The number of fused-ring (bicyclic) bond motifs is 1. The lowest BCUT2D eigenvalue weighted by Crippen LogP contribution is -2.07. The van der Waals surface area contributed by atoms with Crippen LogP contribution in [0, 0.1) is 6.92 Å². The Morgan fingerprint density at radius 1 is 1.32 bits per heavy atom. The fraction of sp³-hybridized carbons (Fsp3) is 0.333. The molecule has 22 heavy (non-hydrogen) atoms. The first-order valence-electron chi connectivity index (χ1n) is 6.62. The lowest BCUT2D eigenvalue weighted by atomic mass is 10.1. The minimum Gasteiger partial charge on any atom is -0.462 e. The molecule has 1 aromatic heterocycles. The molecule has 0 aliphatic heterocycles. The largest absolute Gasteiger partial charge is 0.462 e. The molecule has 2 rings (SSSR count). The van der Waals surface area contributed by atoms with Crippen molar-refractivity contribution in [2.24, 2.45) is 7.05 Å². The van der Waals surface area contributed by atoms with E-state index in [1.165, 1.54) is 6.92 Å². The number of hydrogen-bond acceptors (Lipinski definition) is 4. The van der Waals surface area contributed by atoms with Gasteiger partial charge >= 0.3 is 11.9 Å². The summed E-state index contributed by atoms with van der Waals surface area (Å²) in [5, 5.41) is 0.665. The Kier molecular flexibility index (Phi) is 4.97. The molecule has 0 bridgehead atoms. The number of esters is 2. The zero-order valence-electron chi connectivity index (χ0n) is 12.6. The molecule has 0 amide bonds. The Morgan fingerprint density at radius 2 is 1.95 bits per heavy atom. The highest BCUT2D eigenvalue weighted by atomic mass is 79.9. The minimum absolute atomic E-state index is 0.291. The summed E-state index contributed by atoms with van der Waals surface area (Å²) < 4.78 is 13.4. The third kappa shape index (κ3) is 2.79. The highest BCUT2D eigenvalue weighted by Gasteiger charge is 2.25. The predicted octanol–water partition coefficient (Wildman–Crippen LogP) is 4.11. The SMILES string of the molecule is CCOC(=O)c1c(C)n(C)c2cc(Br)c(OC(C)=O)c(Br)c12. The number of rotatable bonds is 3. The number of ether oxygens (including phenoxy) is 2. The summed E-state index contributed by atoms with van der Waals surface area (Å²) >= 11 is 6.85. The molecular weight excluding hydrogens is 418 g/mol. The van der Waals surface area contributed by atoms with E-state index in [1.807, 2.05) is 24.6 Å². The quantitative estimate of drug-likeness (QED) is 0.540. The summed E-state index contributed by atoms with van der Waals surface area (Å²) in [6.45, 7) is 5.22. The Morgan fingerprint density at radius 3 is 2.50 bits per heavy atom. The van der Waals surface area contributed by atoms with Gasteiger partial charge in [0.1, 0.15) is 0 Å². The molecule has 0 radical (unpaired) electrons. The zero-order chi connectivity index (χ0) is 16.6. The van der Waals surface area contributed by atoms with Crippen LogP contribution in [-0.2, 0) is 16.6 Å². The molecule has 0 fully saturated rings. The van der Waals surface area contributed by atoms with Gasteiger partial charge < -0.3 is 14.0 Å². The van der Waals surface area contributed by atoms with Crippen molar-refractivity contribution in [1.29, 1.82) is 0 Å². The molecule has 5 nitrogen and oxygen atoms in total. The van der Waals surface area contributed by atoms with Gasteiger partial charge in [0.2, 0.25) is 0 Å². The van der Waals surface area contributed by atoms with E-state index in [-0.39, 0.29) is 0 Å². The highest BCUT2D eigenvalue weighted by molar-refractivity contribution is 9.11. The van der Waals surface area contributed by atoms with Crippen LogP contribution in [-0.4, -0.2) is 23.1 Å². The van der Waals surface area contributed by atoms with Crippen LogP contribution in [0.15, 0.2) is 15.0 Å². The van der Waals surface area contributed by atoms with Gasteiger partial charge in [-0.3, -0.25) is 4.79 Å². The molecule has 0 atom stereocenters. The summed E-state index contributed by atoms with van der Waals surface area (Å²) in [6, 6.07) is 1.81. The first-order chi connectivity index (χ1) is 10.3. The molecule has 0 saturated heterocycles. The number of carbonyl (C=O) groups excluding carboxylic acids is 2. The first-order valence-corrected chi connectivity index (χ1v) is 8.20. The molecule has 0 N–H and O–H groups in total. The van der Waals surface area contributed by atoms with E-state index in [2.05, 4.69) is 31.9 Å². The number of carbonyl (C=O) groups is 2. The second kappa shape index (κ2) is 6.42. The number of nitrogens with zero attached hydrogens (tertiary/aromatic N) is 1. The smallest absolute Gasteiger partial charge is 0.340 e. The Bertz CT molecular complexity index is 780. The first kappa shape index (κ1) is 17.0. The van der Waals surface area contributed by atoms with Gasteiger partial charge in [-0.1, -0.05) is 0 Å². The summed E-state index contributed by atoms with van der Waals surface area (Å²) in [5.41, 5.74) is 2.07. The molecule has 0 saturated carbocycles. The van der Waals surface area contributed by atoms with Crippen molar-refractivity contribution < 1.29 is 19.1 Å². The zero-order valence-corrected chi connectivity index (χ0v) is 15.8.